The number of nitrogens with one attached hydrogen (secondary N) is 1. The molecule has 1 saturated heterocycles. The maximum Gasteiger partial charge on any atom is 0.295 e. The van der Waals surface area contributed by atoms with Crippen LogP contribution in [0.1, 0.15) is 41.4 Å². The molecule has 1 N–H and O–H groups in total. The zero-order chi connectivity index (χ0) is 21.0. The number of likely N-dealkylation sites (tertiary alicyclic amines) is 1. The Morgan fingerprint density at radius 1 is 1.21 bits per heavy atom. The van der Waals surface area contributed by atoms with Crippen LogP contribution in [0.25, 0.3) is 0 Å². The van der Waals surface area contributed by atoms with Gasteiger partial charge in [-0.1, -0.05) is 18.0 Å². The van der Waals surface area contributed by atoms with Gasteiger partial charge in [0.05, 0.1) is 33.8 Å². The van der Waals surface area contributed by atoms with Crippen molar-refractivity contribution in [3.63, 3.8) is 0 Å². The monoisotopic (exact) mass is 422 g/mol. The van der Waals surface area contributed by atoms with Crippen LogP contribution in [0.15, 0.2) is 34.9 Å². The van der Waals surface area contributed by atoms with Crippen molar-refractivity contribution < 1.29 is 19.1 Å². The van der Waals surface area contributed by atoms with Crippen molar-refractivity contribution in [3.8, 4) is 0 Å². The molecule has 154 valence electrons. The lowest BCUT2D eigenvalue weighted by molar-refractivity contribution is -0.394. The number of nitrogens with zero attached hydrogens (tertiary/aromatic N) is 3. The average Bonchev–Trinajstić information content (AvgIpc) is 3.23. The molecule has 0 bridgehead atoms. The van der Waals surface area contributed by atoms with E-state index in [9.17, 15) is 25.0 Å². The molecule has 29 heavy (non-hydrogen) atoms. The molecule has 1 amide bonds. The third kappa shape index (κ3) is 4.72. The van der Waals surface area contributed by atoms with Crippen molar-refractivity contribution in [2.24, 2.45) is 0 Å². The van der Waals surface area contributed by atoms with Crippen LogP contribution in [0.4, 0.5) is 11.4 Å². The third-order valence-electron chi connectivity index (χ3n) is 4.85. The second-order valence-corrected chi connectivity index (χ2v) is 7.06. The Morgan fingerprint density at radius 2 is 1.93 bits per heavy atom. The molecule has 0 aliphatic carbocycles. The molecule has 1 aromatic heterocycles. The van der Waals surface area contributed by atoms with E-state index >= 15 is 0 Å². The minimum absolute atomic E-state index is 0.166. The number of piperidine rings is 1. The lowest BCUT2D eigenvalue weighted by Crippen LogP contribution is -2.40. The van der Waals surface area contributed by atoms with Gasteiger partial charge in [-0.2, -0.15) is 0 Å². The number of hydrogen-bond acceptors (Lipinski definition) is 7. The quantitative estimate of drug-likeness (QED) is 0.531. The maximum absolute atomic E-state index is 12.7. The zero-order valence-electron chi connectivity index (χ0n) is 15.4. The summed E-state index contributed by atoms with van der Waals surface area (Å²) >= 11 is 5.98. The molecule has 1 aliphatic heterocycles. The molecule has 0 unspecified atom stereocenters. The Morgan fingerprint density at radius 3 is 2.52 bits per heavy atom. The molecule has 1 fully saturated rings. The highest BCUT2D eigenvalue weighted by Crippen LogP contribution is 2.33. The number of furan rings is 1. The first-order chi connectivity index (χ1) is 13.9. The van der Waals surface area contributed by atoms with Crippen molar-refractivity contribution in [3.05, 3.63) is 67.1 Å². The van der Waals surface area contributed by atoms with Gasteiger partial charge in [0.2, 0.25) is 0 Å². The molecule has 2 aromatic rings. The largest absolute Gasteiger partial charge is 0.468 e. The summed E-state index contributed by atoms with van der Waals surface area (Å²) in [5.41, 5.74) is -1.58. The predicted octanol–water partition coefficient (Wildman–Crippen LogP) is 3.71. The fourth-order valence-corrected chi connectivity index (χ4v) is 3.67. The van der Waals surface area contributed by atoms with Crippen molar-refractivity contribution in [1.82, 2.24) is 10.2 Å². The third-order valence-corrected chi connectivity index (χ3v) is 5.25. The highest BCUT2D eigenvalue weighted by molar-refractivity contribution is 6.36. The van der Waals surface area contributed by atoms with E-state index in [4.69, 9.17) is 16.0 Å². The van der Waals surface area contributed by atoms with E-state index in [0.717, 1.165) is 44.5 Å². The number of carbonyl (C=O) groups is 1. The number of nitro benzene ring substituents is 2. The first kappa shape index (κ1) is 20.7. The Hall–Kier alpha value is -2.98. The summed E-state index contributed by atoms with van der Waals surface area (Å²) in [6.45, 7) is 1.87. The maximum atomic E-state index is 12.7. The van der Waals surface area contributed by atoms with E-state index in [1.807, 2.05) is 6.07 Å². The van der Waals surface area contributed by atoms with E-state index in [2.05, 4.69) is 10.2 Å². The van der Waals surface area contributed by atoms with Gasteiger partial charge in [-0.15, -0.1) is 0 Å². The number of nitro groups is 2. The normalized spacial score (nSPS) is 15.6. The lowest BCUT2D eigenvalue weighted by Gasteiger charge is -2.33. The van der Waals surface area contributed by atoms with Gasteiger partial charge in [0.25, 0.3) is 17.3 Å². The SMILES string of the molecule is O=C(NC[C@@H](c1ccco1)N1CCCCC1)c1cc([N+](=O)[O-])cc([N+](=O)[O-])c1Cl. The summed E-state index contributed by atoms with van der Waals surface area (Å²) < 4.78 is 5.51. The van der Waals surface area contributed by atoms with E-state index in [0.29, 0.717) is 5.76 Å². The molecule has 0 radical (unpaired) electrons. The average molecular weight is 423 g/mol. The highest BCUT2D eigenvalue weighted by atomic mass is 35.5. The van der Waals surface area contributed by atoms with E-state index in [1.165, 1.54) is 0 Å². The summed E-state index contributed by atoms with van der Waals surface area (Å²) in [5.74, 6) is -0.0429. The van der Waals surface area contributed by atoms with Crippen LogP contribution in [-0.4, -0.2) is 40.3 Å². The van der Waals surface area contributed by atoms with E-state index < -0.39 is 32.2 Å². The number of amides is 1. The topological polar surface area (TPSA) is 132 Å². The Labute approximate surface area is 170 Å². The van der Waals surface area contributed by atoms with Gasteiger partial charge in [-0.3, -0.25) is 29.9 Å². The number of non-ortho nitro benzene ring substituents is 1. The van der Waals surface area contributed by atoms with Crippen LogP contribution < -0.4 is 5.32 Å². The van der Waals surface area contributed by atoms with Gasteiger partial charge in [0.1, 0.15) is 10.8 Å². The van der Waals surface area contributed by atoms with Gasteiger partial charge in [-0.25, -0.2) is 0 Å². The zero-order valence-corrected chi connectivity index (χ0v) is 16.1. The van der Waals surface area contributed by atoms with Gasteiger partial charge in [0, 0.05) is 12.6 Å². The van der Waals surface area contributed by atoms with Crippen LogP contribution in [0.2, 0.25) is 5.02 Å². The van der Waals surface area contributed by atoms with Crippen LogP contribution in [0, 0.1) is 20.2 Å². The van der Waals surface area contributed by atoms with Crippen molar-refractivity contribution in [2.45, 2.75) is 25.3 Å². The van der Waals surface area contributed by atoms with Gasteiger partial charge in [-0.05, 0) is 38.1 Å². The Balaban J connectivity index is 1.83. The Bertz CT molecular complexity index is 911. The molecule has 2 heterocycles. The van der Waals surface area contributed by atoms with Crippen molar-refractivity contribution in [2.75, 3.05) is 19.6 Å². The summed E-state index contributed by atoms with van der Waals surface area (Å²) in [6.07, 6.45) is 4.76. The van der Waals surface area contributed by atoms with Crippen LogP contribution in [0.3, 0.4) is 0 Å². The second kappa shape index (κ2) is 9.01. The van der Waals surface area contributed by atoms with Crippen LogP contribution in [-0.2, 0) is 0 Å². The molecule has 0 saturated carbocycles. The predicted molar refractivity (Wildman–Crippen MR) is 104 cm³/mol. The minimum Gasteiger partial charge on any atom is -0.468 e. The molecule has 1 atom stereocenters. The number of halogens is 1. The molecule has 3 rings (SSSR count). The van der Waals surface area contributed by atoms with Crippen LogP contribution in [0.5, 0.6) is 0 Å². The summed E-state index contributed by atoms with van der Waals surface area (Å²) in [4.78, 5) is 35.4. The molecule has 1 aliphatic rings. The first-order valence-corrected chi connectivity index (χ1v) is 9.44. The molecule has 0 spiro atoms. The summed E-state index contributed by atoms with van der Waals surface area (Å²) in [7, 11) is 0. The lowest BCUT2D eigenvalue weighted by atomic mass is 10.1. The smallest absolute Gasteiger partial charge is 0.295 e. The molecule has 11 heteroatoms. The second-order valence-electron chi connectivity index (χ2n) is 6.68. The fraction of sp³-hybridized carbons (Fsp3) is 0.389. The number of carbonyl (C=O) groups excluding carboxylic acids is 1. The summed E-state index contributed by atoms with van der Waals surface area (Å²) in [6, 6.07) is 5.03. The van der Waals surface area contributed by atoms with Gasteiger partial charge in [0.15, 0.2) is 0 Å². The minimum atomic E-state index is -0.856. The number of benzene rings is 1. The highest BCUT2D eigenvalue weighted by Gasteiger charge is 2.28. The van der Waals surface area contributed by atoms with Crippen molar-refractivity contribution >= 4 is 28.9 Å². The molecular weight excluding hydrogens is 404 g/mol. The van der Waals surface area contributed by atoms with Gasteiger partial charge >= 0.3 is 0 Å². The summed E-state index contributed by atoms with van der Waals surface area (Å²) in [5, 5.41) is 24.5. The number of rotatable bonds is 7. The van der Waals surface area contributed by atoms with Crippen molar-refractivity contribution in [1.29, 1.82) is 0 Å². The number of hydrogen-bond donors (Lipinski definition) is 1. The standard InChI is InChI=1S/C18H19ClN4O6/c19-17-13(9-12(22(25)26)10-14(17)23(27)28)18(24)20-11-15(16-5-4-8-29-16)21-6-2-1-3-7-21/h4-5,8-10,15H,1-3,6-7,11H2,(H,20,24)/t15-/m0/s1. The first-order valence-electron chi connectivity index (χ1n) is 9.06. The molecule has 1 aromatic carbocycles. The van der Waals surface area contributed by atoms with E-state index in [1.54, 1.807) is 12.3 Å². The van der Waals surface area contributed by atoms with Gasteiger partial charge < -0.3 is 9.73 Å². The Kier molecular flexibility index (Phi) is 6.45. The van der Waals surface area contributed by atoms with Crippen LogP contribution >= 0.6 is 11.6 Å². The molecular formula is C18H19ClN4O6. The fourth-order valence-electron chi connectivity index (χ4n) is 3.40. The molecule has 10 nitrogen and oxygen atoms in total. The van der Waals surface area contributed by atoms with E-state index in [-0.39, 0.29) is 18.2 Å².